The van der Waals surface area contributed by atoms with Gasteiger partial charge in [-0.2, -0.15) is 0 Å². The zero-order valence-electron chi connectivity index (χ0n) is 12.4. The number of aromatic nitrogens is 1. The first kappa shape index (κ1) is 15.1. The minimum atomic E-state index is -0.200. The average Bonchev–Trinajstić information content (AvgIpc) is 2.89. The van der Waals surface area contributed by atoms with Crippen LogP contribution in [-0.4, -0.2) is 11.5 Å². The molecule has 0 saturated carbocycles. The summed E-state index contributed by atoms with van der Waals surface area (Å²) in [6, 6.07) is 4.90. The van der Waals surface area contributed by atoms with Crippen molar-refractivity contribution in [1.82, 2.24) is 10.3 Å². The molecule has 0 radical (unpaired) electrons. The van der Waals surface area contributed by atoms with Gasteiger partial charge in [0.25, 0.3) is 0 Å². The molecule has 0 fully saturated rings. The predicted octanol–water partition coefficient (Wildman–Crippen LogP) is 4.41. The van der Waals surface area contributed by atoms with Gasteiger partial charge in [-0.3, -0.25) is 0 Å². The molecule has 0 aliphatic rings. The molecule has 0 amide bonds. The summed E-state index contributed by atoms with van der Waals surface area (Å²) in [7, 11) is 0. The molecule has 0 aliphatic heterocycles. The third kappa shape index (κ3) is 3.25. The van der Waals surface area contributed by atoms with Crippen molar-refractivity contribution in [1.29, 1.82) is 0 Å². The first-order valence-corrected chi connectivity index (χ1v) is 7.85. The lowest BCUT2D eigenvalue weighted by molar-refractivity contribution is 0.597. The highest BCUT2D eigenvalue weighted by molar-refractivity contribution is 7.09. The Balaban J connectivity index is 2.41. The molecule has 20 heavy (non-hydrogen) atoms. The van der Waals surface area contributed by atoms with Crippen LogP contribution in [0.25, 0.3) is 0 Å². The third-order valence-electron chi connectivity index (χ3n) is 3.34. The normalized spacial score (nSPS) is 12.9. The van der Waals surface area contributed by atoms with E-state index in [1.807, 2.05) is 13.0 Å². The maximum absolute atomic E-state index is 13.6. The molecule has 0 spiro atoms. The van der Waals surface area contributed by atoms with Gasteiger partial charge in [0.05, 0.1) is 11.7 Å². The molecule has 1 N–H and O–H groups in total. The molecule has 0 aliphatic carbocycles. The number of hydrogen-bond acceptors (Lipinski definition) is 3. The van der Waals surface area contributed by atoms with Crippen LogP contribution in [0.2, 0.25) is 0 Å². The van der Waals surface area contributed by atoms with Crippen LogP contribution >= 0.6 is 11.3 Å². The van der Waals surface area contributed by atoms with Gasteiger partial charge < -0.3 is 5.32 Å². The van der Waals surface area contributed by atoms with Gasteiger partial charge in [0.1, 0.15) is 10.8 Å². The van der Waals surface area contributed by atoms with E-state index in [1.165, 1.54) is 6.07 Å². The smallest absolute Gasteiger partial charge is 0.123 e. The standard InChI is InChI=1S/C16H21FN2S/c1-5-18-15(13-8-12(17)7-6-11(13)4)16-19-14(9-20-16)10(2)3/h6-10,15,18H,5H2,1-4H3. The van der Waals surface area contributed by atoms with Gasteiger partial charge in [-0.1, -0.05) is 26.8 Å². The van der Waals surface area contributed by atoms with E-state index in [9.17, 15) is 4.39 Å². The summed E-state index contributed by atoms with van der Waals surface area (Å²) >= 11 is 1.64. The Morgan fingerprint density at radius 1 is 1.35 bits per heavy atom. The third-order valence-corrected chi connectivity index (χ3v) is 4.27. The van der Waals surface area contributed by atoms with Gasteiger partial charge >= 0.3 is 0 Å². The minimum Gasteiger partial charge on any atom is -0.305 e. The molecule has 108 valence electrons. The van der Waals surface area contributed by atoms with E-state index >= 15 is 0 Å². The number of aryl methyl sites for hydroxylation is 1. The van der Waals surface area contributed by atoms with E-state index in [0.717, 1.165) is 28.4 Å². The summed E-state index contributed by atoms with van der Waals surface area (Å²) in [5, 5.41) is 6.52. The van der Waals surface area contributed by atoms with Gasteiger partial charge in [-0.25, -0.2) is 9.37 Å². The molecule has 1 heterocycles. The number of halogens is 1. The van der Waals surface area contributed by atoms with Crippen LogP contribution in [-0.2, 0) is 0 Å². The Morgan fingerprint density at radius 3 is 2.70 bits per heavy atom. The second kappa shape index (κ2) is 6.46. The molecule has 4 heteroatoms. The zero-order chi connectivity index (χ0) is 14.7. The van der Waals surface area contributed by atoms with Crippen LogP contribution in [0.15, 0.2) is 23.6 Å². The van der Waals surface area contributed by atoms with E-state index in [4.69, 9.17) is 4.98 Å². The molecular weight excluding hydrogens is 271 g/mol. The van der Waals surface area contributed by atoms with Crippen LogP contribution in [0.5, 0.6) is 0 Å². The Bertz CT molecular complexity index is 578. The van der Waals surface area contributed by atoms with Gasteiger partial charge in [-0.05, 0) is 42.6 Å². The summed E-state index contributed by atoms with van der Waals surface area (Å²) in [6.45, 7) is 9.15. The molecule has 2 nitrogen and oxygen atoms in total. The van der Waals surface area contributed by atoms with E-state index in [2.05, 4.69) is 31.5 Å². The average molecular weight is 292 g/mol. The fourth-order valence-electron chi connectivity index (χ4n) is 2.16. The van der Waals surface area contributed by atoms with E-state index in [1.54, 1.807) is 17.4 Å². The molecule has 0 bridgehead atoms. The van der Waals surface area contributed by atoms with Crippen molar-refractivity contribution in [2.75, 3.05) is 6.54 Å². The number of thiazole rings is 1. The second-order valence-electron chi connectivity index (χ2n) is 5.26. The zero-order valence-corrected chi connectivity index (χ0v) is 13.2. The minimum absolute atomic E-state index is 0.0341. The summed E-state index contributed by atoms with van der Waals surface area (Å²) < 4.78 is 13.6. The topological polar surface area (TPSA) is 24.9 Å². The van der Waals surface area contributed by atoms with Crippen LogP contribution in [0, 0.1) is 12.7 Å². The SMILES string of the molecule is CCNC(c1nc(C(C)C)cs1)c1cc(F)ccc1C. The highest BCUT2D eigenvalue weighted by Crippen LogP contribution is 2.29. The van der Waals surface area contributed by atoms with Gasteiger partial charge in [0.15, 0.2) is 0 Å². The first-order valence-electron chi connectivity index (χ1n) is 6.97. The number of benzene rings is 1. The van der Waals surface area contributed by atoms with Crippen molar-refractivity contribution < 1.29 is 4.39 Å². The highest BCUT2D eigenvalue weighted by atomic mass is 32.1. The fourth-order valence-corrected chi connectivity index (χ4v) is 3.23. The Hall–Kier alpha value is -1.26. The lowest BCUT2D eigenvalue weighted by Crippen LogP contribution is -2.23. The molecule has 0 saturated heterocycles. The van der Waals surface area contributed by atoms with Crippen molar-refractivity contribution in [2.45, 2.75) is 39.7 Å². The van der Waals surface area contributed by atoms with E-state index in [-0.39, 0.29) is 11.9 Å². The van der Waals surface area contributed by atoms with Crippen molar-refractivity contribution >= 4 is 11.3 Å². The lowest BCUT2D eigenvalue weighted by atomic mass is 10.0. The molecule has 1 atom stereocenters. The molecular formula is C16H21FN2S. The quantitative estimate of drug-likeness (QED) is 0.882. The van der Waals surface area contributed by atoms with Gasteiger partial charge in [-0.15, -0.1) is 11.3 Å². The highest BCUT2D eigenvalue weighted by Gasteiger charge is 2.20. The molecule has 2 rings (SSSR count). The summed E-state index contributed by atoms with van der Waals surface area (Å²) in [5.74, 6) is 0.213. The number of hydrogen-bond donors (Lipinski definition) is 1. The maximum Gasteiger partial charge on any atom is 0.123 e. The Labute approximate surface area is 124 Å². The summed E-state index contributed by atoms with van der Waals surface area (Å²) in [4.78, 5) is 4.71. The molecule has 2 aromatic rings. The largest absolute Gasteiger partial charge is 0.305 e. The Morgan fingerprint density at radius 2 is 2.10 bits per heavy atom. The Kier molecular flexibility index (Phi) is 4.89. The number of nitrogens with one attached hydrogen (secondary N) is 1. The van der Waals surface area contributed by atoms with E-state index < -0.39 is 0 Å². The summed E-state index contributed by atoms with van der Waals surface area (Å²) in [6.07, 6.45) is 0. The van der Waals surface area contributed by atoms with Gasteiger partial charge in [0.2, 0.25) is 0 Å². The molecule has 1 aromatic heterocycles. The number of rotatable bonds is 5. The van der Waals surface area contributed by atoms with Crippen molar-refractivity contribution in [3.63, 3.8) is 0 Å². The van der Waals surface area contributed by atoms with Crippen LogP contribution in [0.3, 0.4) is 0 Å². The van der Waals surface area contributed by atoms with Gasteiger partial charge in [0, 0.05) is 5.38 Å². The summed E-state index contributed by atoms with van der Waals surface area (Å²) in [5.41, 5.74) is 3.15. The number of nitrogens with zero attached hydrogens (tertiary/aromatic N) is 1. The fraction of sp³-hybridized carbons (Fsp3) is 0.438. The van der Waals surface area contributed by atoms with E-state index in [0.29, 0.717) is 5.92 Å². The first-order chi connectivity index (χ1) is 9.52. The van der Waals surface area contributed by atoms with Crippen LogP contribution in [0.4, 0.5) is 4.39 Å². The van der Waals surface area contributed by atoms with Crippen LogP contribution in [0.1, 0.15) is 54.6 Å². The monoisotopic (exact) mass is 292 g/mol. The molecule has 1 unspecified atom stereocenters. The second-order valence-corrected chi connectivity index (χ2v) is 6.15. The van der Waals surface area contributed by atoms with Crippen molar-refractivity contribution in [2.24, 2.45) is 0 Å². The lowest BCUT2D eigenvalue weighted by Gasteiger charge is -2.18. The van der Waals surface area contributed by atoms with Crippen molar-refractivity contribution in [3.8, 4) is 0 Å². The predicted molar refractivity (Wildman–Crippen MR) is 82.9 cm³/mol. The van der Waals surface area contributed by atoms with Crippen molar-refractivity contribution in [3.05, 3.63) is 51.2 Å². The molecule has 1 aromatic carbocycles. The maximum atomic E-state index is 13.6. The van der Waals surface area contributed by atoms with Crippen LogP contribution < -0.4 is 5.32 Å².